The first-order valence-electron chi connectivity index (χ1n) is 6.81. The van der Waals surface area contributed by atoms with Crippen molar-refractivity contribution < 1.29 is 19.8 Å². The van der Waals surface area contributed by atoms with E-state index in [1.54, 1.807) is 31.2 Å². The van der Waals surface area contributed by atoms with Crippen molar-refractivity contribution in [1.82, 2.24) is 0 Å². The van der Waals surface area contributed by atoms with Crippen molar-refractivity contribution in [3.63, 3.8) is 0 Å². The minimum atomic E-state index is -0.911. The number of carbonyl (C=O) groups is 2. The van der Waals surface area contributed by atoms with Crippen LogP contribution in [0.2, 0.25) is 0 Å². The van der Waals surface area contributed by atoms with Crippen molar-refractivity contribution in [3.8, 4) is 0 Å². The molecular weight excluding hydrogens is 258 g/mol. The van der Waals surface area contributed by atoms with Crippen molar-refractivity contribution in [2.24, 2.45) is 11.8 Å². The highest BCUT2D eigenvalue weighted by Crippen LogP contribution is 2.33. The smallest absolute Gasteiger partial charge is 0.307 e. The molecule has 1 aliphatic carbocycles. The van der Waals surface area contributed by atoms with Crippen LogP contribution in [0.25, 0.3) is 0 Å². The van der Waals surface area contributed by atoms with Crippen LogP contribution in [0.15, 0.2) is 24.3 Å². The Balaban J connectivity index is 2.14. The second-order valence-corrected chi connectivity index (χ2v) is 5.23. The maximum atomic E-state index is 12.2. The van der Waals surface area contributed by atoms with Gasteiger partial charge in [0.1, 0.15) is 0 Å². The summed E-state index contributed by atoms with van der Waals surface area (Å²) >= 11 is 0. The molecule has 0 aromatic heterocycles. The van der Waals surface area contributed by atoms with Gasteiger partial charge in [0.05, 0.1) is 17.9 Å². The van der Waals surface area contributed by atoms with Crippen LogP contribution >= 0.6 is 0 Å². The molecule has 1 aromatic rings. The third-order valence-electron chi connectivity index (χ3n) is 3.84. The molecule has 0 saturated heterocycles. The fourth-order valence-corrected chi connectivity index (χ4v) is 2.77. The number of para-hydroxylation sites is 1. The first-order valence-corrected chi connectivity index (χ1v) is 6.81. The Kier molecular flexibility index (Phi) is 4.39. The molecule has 3 unspecified atom stereocenters. The molecule has 0 bridgehead atoms. The summed E-state index contributed by atoms with van der Waals surface area (Å²) in [6.07, 6.45) is 1.21. The van der Waals surface area contributed by atoms with Crippen molar-refractivity contribution in [3.05, 3.63) is 29.8 Å². The van der Waals surface area contributed by atoms with Gasteiger partial charge in [-0.3, -0.25) is 9.59 Å². The summed E-state index contributed by atoms with van der Waals surface area (Å²) in [4.78, 5) is 23.4. The summed E-state index contributed by atoms with van der Waals surface area (Å²) in [5.74, 6) is -2.28. The summed E-state index contributed by atoms with van der Waals surface area (Å²) in [6.45, 7) is 1.63. The fraction of sp³-hybridized carbons (Fsp3) is 0.467. The van der Waals surface area contributed by atoms with Gasteiger partial charge < -0.3 is 15.5 Å². The molecule has 0 spiro atoms. The second kappa shape index (κ2) is 6.05. The Bertz CT molecular complexity index is 512. The van der Waals surface area contributed by atoms with Crippen molar-refractivity contribution in [2.75, 3.05) is 5.32 Å². The first-order chi connectivity index (χ1) is 9.50. The van der Waals surface area contributed by atoms with Gasteiger partial charge in [-0.2, -0.15) is 0 Å². The Labute approximate surface area is 117 Å². The van der Waals surface area contributed by atoms with Gasteiger partial charge in [0, 0.05) is 11.3 Å². The average molecular weight is 277 g/mol. The molecule has 108 valence electrons. The number of carboxylic acid groups (broad SMARTS) is 1. The lowest BCUT2D eigenvalue weighted by atomic mass is 9.95. The first kappa shape index (κ1) is 14.5. The molecule has 1 fully saturated rings. The topological polar surface area (TPSA) is 86.6 Å². The molecule has 0 aliphatic heterocycles. The largest absolute Gasteiger partial charge is 0.481 e. The van der Waals surface area contributed by atoms with Crippen LogP contribution in [0.3, 0.4) is 0 Å². The molecule has 3 N–H and O–H groups in total. The van der Waals surface area contributed by atoms with E-state index in [2.05, 4.69) is 5.32 Å². The predicted molar refractivity (Wildman–Crippen MR) is 74.2 cm³/mol. The summed E-state index contributed by atoms with van der Waals surface area (Å²) in [6, 6.07) is 7.01. The zero-order valence-corrected chi connectivity index (χ0v) is 11.4. The van der Waals surface area contributed by atoms with Crippen LogP contribution in [-0.2, 0) is 9.59 Å². The number of rotatable bonds is 4. The van der Waals surface area contributed by atoms with E-state index in [9.17, 15) is 14.7 Å². The molecule has 1 saturated carbocycles. The minimum Gasteiger partial charge on any atom is -0.481 e. The van der Waals surface area contributed by atoms with Crippen LogP contribution in [0.1, 0.15) is 37.9 Å². The van der Waals surface area contributed by atoms with Crippen LogP contribution in [0.4, 0.5) is 5.69 Å². The van der Waals surface area contributed by atoms with E-state index in [-0.39, 0.29) is 5.91 Å². The van der Waals surface area contributed by atoms with Gasteiger partial charge in [-0.25, -0.2) is 0 Å². The number of amides is 1. The Morgan fingerprint density at radius 1 is 1.25 bits per heavy atom. The van der Waals surface area contributed by atoms with Crippen molar-refractivity contribution in [1.29, 1.82) is 0 Å². The Morgan fingerprint density at radius 2 is 1.90 bits per heavy atom. The normalized spacial score (nSPS) is 23.3. The van der Waals surface area contributed by atoms with Gasteiger partial charge in [0.2, 0.25) is 5.91 Å². The Hall–Kier alpha value is -1.88. The number of aliphatic hydroxyl groups is 1. The van der Waals surface area contributed by atoms with Crippen LogP contribution in [0.5, 0.6) is 0 Å². The third-order valence-corrected chi connectivity index (χ3v) is 3.84. The van der Waals surface area contributed by atoms with Gasteiger partial charge in [-0.05, 0) is 25.8 Å². The van der Waals surface area contributed by atoms with Gasteiger partial charge in [0.25, 0.3) is 0 Å². The Morgan fingerprint density at radius 3 is 2.55 bits per heavy atom. The van der Waals surface area contributed by atoms with E-state index >= 15 is 0 Å². The summed E-state index contributed by atoms with van der Waals surface area (Å²) in [5, 5.41) is 21.6. The number of anilines is 1. The number of benzene rings is 1. The maximum absolute atomic E-state index is 12.2. The molecule has 3 atom stereocenters. The van der Waals surface area contributed by atoms with E-state index in [1.165, 1.54) is 0 Å². The molecule has 1 aromatic carbocycles. The van der Waals surface area contributed by atoms with Gasteiger partial charge >= 0.3 is 5.97 Å². The van der Waals surface area contributed by atoms with E-state index in [1.807, 2.05) is 0 Å². The number of hydrogen-bond donors (Lipinski definition) is 3. The molecular formula is C15H19NO4. The number of nitrogens with one attached hydrogen (secondary N) is 1. The quantitative estimate of drug-likeness (QED) is 0.787. The summed E-state index contributed by atoms with van der Waals surface area (Å²) in [7, 11) is 0. The number of hydrogen-bond acceptors (Lipinski definition) is 3. The van der Waals surface area contributed by atoms with Crippen molar-refractivity contribution in [2.45, 2.75) is 32.3 Å². The minimum absolute atomic E-state index is 0.275. The average Bonchev–Trinajstić information content (AvgIpc) is 2.88. The lowest BCUT2D eigenvalue weighted by molar-refractivity contribution is -0.145. The van der Waals surface area contributed by atoms with Gasteiger partial charge in [0.15, 0.2) is 0 Å². The molecule has 0 radical (unpaired) electrons. The molecule has 5 heteroatoms. The molecule has 1 aliphatic rings. The zero-order chi connectivity index (χ0) is 14.7. The second-order valence-electron chi connectivity index (χ2n) is 5.23. The van der Waals surface area contributed by atoms with E-state index in [0.29, 0.717) is 24.1 Å². The van der Waals surface area contributed by atoms with E-state index in [0.717, 1.165) is 6.42 Å². The lowest BCUT2D eigenvalue weighted by Gasteiger charge is -2.18. The highest BCUT2D eigenvalue weighted by Gasteiger charge is 2.37. The van der Waals surface area contributed by atoms with E-state index < -0.39 is 23.9 Å². The highest BCUT2D eigenvalue weighted by atomic mass is 16.4. The molecule has 5 nitrogen and oxygen atoms in total. The SMILES string of the molecule is CC(O)c1ccccc1NC(=O)C1CCCC1C(=O)O. The van der Waals surface area contributed by atoms with Crippen molar-refractivity contribution >= 4 is 17.6 Å². The number of aliphatic hydroxyl groups excluding tert-OH is 1. The maximum Gasteiger partial charge on any atom is 0.307 e. The standard InChI is InChI=1S/C15H19NO4/c1-9(17)10-5-2-3-8-13(10)16-14(18)11-6-4-7-12(11)15(19)20/h2-3,5,8-9,11-12,17H,4,6-7H2,1H3,(H,16,18)(H,19,20). The van der Waals surface area contributed by atoms with Crippen LogP contribution < -0.4 is 5.32 Å². The summed E-state index contributed by atoms with van der Waals surface area (Å²) in [5.41, 5.74) is 1.18. The predicted octanol–water partition coefficient (Wildman–Crippen LogP) is 2.18. The number of carbonyl (C=O) groups excluding carboxylic acids is 1. The summed E-state index contributed by atoms with van der Waals surface area (Å²) < 4.78 is 0. The third kappa shape index (κ3) is 2.99. The van der Waals surface area contributed by atoms with Crippen LogP contribution in [0, 0.1) is 11.8 Å². The number of aliphatic carboxylic acids is 1. The highest BCUT2D eigenvalue weighted by molar-refractivity contribution is 5.96. The monoisotopic (exact) mass is 277 g/mol. The lowest BCUT2D eigenvalue weighted by Crippen LogP contribution is -2.30. The molecule has 20 heavy (non-hydrogen) atoms. The van der Waals surface area contributed by atoms with Gasteiger partial charge in [-0.15, -0.1) is 0 Å². The van der Waals surface area contributed by atoms with E-state index in [4.69, 9.17) is 5.11 Å². The zero-order valence-electron chi connectivity index (χ0n) is 11.4. The number of carboxylic acids is 1. The van der Waals surface area contributed by atoms with Crippen LogP contribution in [-0.4, -0.2) is 22.1 Å². The fourth-order valence-electron chi connectivity index (χ4n) is 2.77. The van der Waals surface area contributed by atoms with Gasteiger partial charge in [-0.1, -0.05) is 24.6 Å². The molecule has 2 rings (SSSR count). The molecule has 1 amide bonds. The molecule has 0 heterocycles.